The number of hydrogen-bond acceptors (Lipinski definition) is 4. The highest BCUT2D eigenvalue weighted by Crippen LogP contribution is 1.96. The van der Waals surface area contributed by atoms with E-state index in [2.05, 4.69) is 9.99 Å². The lowest BCUT2D eigenvalue weighted by atomic mass is 10.1. The van der Waals surface area contributed by atoms with E-state index in [0.29, 0.717) is 0 Å². The highest BCUT2D eigenvalue weighted by molar-refractivity contribution is 6.48. The normalized spacial score (nSPS) is 18.4. The second-order valence-corrected chi connectivity index (χ2v) is 2.14. The van der Waals surface area contributed by atoms with Gasteiger partial charge in [0, 0.05) is 6.92 Å². The van der Waals surface area contributed by atoms with Crippen LogP contribution in [0, 0.1) is 0 Å². The zero-order valence-electron chi connectivity index (χ0n) is 6.48. The summed E-state index contributed by atoms with van der Waals surface area (Å²) in [4.78, 5) is 25.6. The number of rotatable bonds is 1. The minimum Gasteiger partial charge on any atom is -0.318 e. The lowest BCUT2D eigenvalue weighted by Gasteiger charge is -1.97. The quantitative estimate of drug-likeness (QED) is 0.325. The number of oxime groups is 1. The molecule has 0 aromatic rings. The smallest absolute Gasteiger partial charge is 0.318 e. The molecule has 0 radical (unpaired) electrons. The number of hydrogen-bond donors (Lipinski definition) is 0. The highest BCUT2D eigenvalue weighted by atomic mass is 16.7. The van der Waals surface area contributed by atoms with Crippen LogP contribution in [0.15, 0.2) is 29.5 Å². The first-order valence-corrected chi connectivity index (χ1v) is 3.35. The maximum Gasteiger partial charge on any atom is 0.332 e. The fraction of sp³-hybridized carbons (Fsp3) is 0.125. The van der Waals surface area contributed by atoms with Crippen molar-refractivity contribution in [2.45, 2.75) is 6.92 Å². The van der Waals surface area contributed by atoms with Gasteiger partial charge in [0.15, 0.2) is 5.71 Å². The van der Waals surface area contributed by atoms with Crippen molar-refractivity contribution in [1.29, 1.82) is 0 Å². The Labute approximate surface area is 69.2 Å². The van der Waals surface area contributed by atoms with Crippen molar-refractivity contribution in [2.75, 3.05) is 0 Å². The van der Waals surface area contributed by atoms with Crippen LogP contribution < -0.4 is 0 Å². The van der Waals surface area contributed by atoms with Gasteiger partial charge in [0.05, 0.1) is 0 Å². The zero-order valence-corrected chi connectivity index (χ0v) is 6.48. The molecule has 0 saturated heterocycles. The third-order valence-corrected chi connectivity index (χ3v) is 1.14. The van der Waals surface area contributed by atoms with Gasteiger partial charge in [-0.2, -0.15) is 0 Å². The highest BCUT2D eigenvalue weighted by Gasteiger charge is 2.07. The number of ketones is 1. The first kappa shape index (κ1) is 8.39. The number of carbonyl (C=O) groups excluding carboxylic acids is 2. The lowest BCUT2D eigenvalue weighted by molar-refractivity contribution is -0.140. The molecule has 1 aliphatic carbocycles. The van der Waals surface area contributed by atoms with E-state index in [1.165, 1.54) is 19.1 Å². The fourth-order valence-corrected chi connectivity index (χ4v) is 0.646. The van der Waals surface area contributed by atoms with Gasteiger partial charge >= 0.3 is 5.97 Å². The molecule has 0 aliphatic heterocycles. The summed E-state index contributed by atoms with van der Waals surface area (Å²) in [5, 5.41) is 3.34. The van der Waals surface area contributed by atoms with E-state index >= 15 is 0 Å². The Morgan fingerprint density at radius 3 is 2.67 bits per heavy atom. The van der Waals surface area contributed by atoms with Gasteiger partial charge in [0.1, 0.15) is 0 Å². The van der Waals surface area contributed by atoms with Crippen molar-refractivity contribution >= 4 is 17.5 Å². The molecule has 62 valence electrons. The monoisotopic (exact) mass is 165 g/mol. The molecule has 0 bridgehead atoms. The summed E-state index contributed by atoms with van der Waals surface area (Å²) in [6.07, 6.45) is 6.06. The standard InChI is InChI=1S/C8H7NO3/c1-6(10)12-9-7-4-2-3-5-8(7)11/h2-5H,1H3. The van der Waals surface area contributed by atoms with Gasteiger partial charge in [-0.1, -0.05) is 17.3 Å². The first-order valence-electron chi connectivity index (χ1n) is 3.35. The lowest BCUT2D eigenvalue weighted by Crippen LogP contribution is -2.11. The molecule has 1 aliphatic rings. The van der Waals surface area contributed by atoms with Crippen LogP contribution in [0.4, 0.5) is 0 Å². The van der Waals surface area contributed by atoms with Crippen molar-refractivity contribution in [2.24, 2.45) is 5.16 Å². The van der Waals surface area contributed by atoms with Crippen LogP contribution in [0.5, 0.6) is 0 Å². The Hall–Kier alpha value is -1.71. The van der Waals surface area contributed by atoms with Crippen molar-refractivity contribution < 1.29 is 14.4 Å². The SMILES string of the molecule is CC(=O)ON=C1C=CC=CC1=O. The average molecular weight is 165 g/mol. The maximum absolute atomic E-state index is 10.9. The number of nitrogens with zero attached hydrogens (tertiary/aromatic N) is 1. The molecule has 0 spiro atoms. The summed E-state index contributed by atoms with van der Waals surface area (Å²) in [6.45, 7) is 1.22. The minimum absolute atomic E-state index is 0.132. The van der Waals surface area contributed by atoms with Gasteiger partial charge in [0.25, 0.3) is 0 Å². The van der Waals surface area contributed by atoms with E-state index in [1.54, 1.807) is 12.2 Å². The Kier molecular flexibility index (Phi) is 2.53. The van der Waals surface area contributed by atoms with Gasteiger partial charge < -0.3 is 4.84 Å². The van der Waals surface area contributed by atoms with Crippen LogP contribution in [0.1, 0.15) is 6.92 Å². The van der Waals surface area contributed by atoms with Gasteiger partial charge in [-0.3, -0.25) is 4.79 Å². The molecular weight excluding hydrogens is 158 g/mol. The topological polar surface area (TPSA) is 55.7 Å². The molecule has 12 heavy (non-hydrogen) atoms. The third kappa shape index (κ3) is 2.16. The average Bonchev–Trinajstić information content (AvgIpc) is 2.03. The van der Waals surface area contributed by atoms with Crippen LogP contribution in [0.3, 0.4) is 0 Å². The molecule has 0 unspecified atom stereocenters. The molecule has 0 fully saturated rings. The molecule has 0 atom stereocenters. The van der Waals surface area contributed by atoms with Crippen molar-refractivity contribution in [3.8, 4) is 0 Å². The molecule has 0 heterocycles. The summed E-state index contributed by atoms with van der Waals surface area (Å²) >= 11 is 0. The van der Waals surface area contributed by atoms with Crippen LogP contribution in [-0.4, -0.2) is 17.5 Å². The summed E-state index contributed by atoms with van der Waals surface area (Å²) in [6, 6.07) is 0. The fourth-order valence-electron chi connectivity index (χ4n) is 0.646. The Morgan fingerprint density at radius 2 is 2.08 bits per heavy atom. The first-order chi connectivity index (χ1) is 5.70. The van der Waals surface area contributed by atoms with Gasteiger partial charge in [-0.15, -0.1) is 0 Å². The number of carbonyl (C=O) groups is 2. The minimum atomic E-state index is -0.543. The summed E-state index contributed by atoms with van der Waals surface area (Å²) < 4.78 is 0. The van der Waals surface area contributed by atoms with E-state index in [1.807, 2.05) is 0 Å². The van der Waals surface area contributed by atoms with Crippen LogP contribution >= 0.6 is 0 Å². The molecule has 0 N–H and O–H groups in total. The second-order valence-electron chi connectivity index (χ2n) is 2.14. The summed E-state index contributed by atoms with van der Waals surface area (Å²) in [7, 11) is 0. The Bertz CT molecular complexity index is 299. The van der Waals surface area contributed by atoms with E-state index in [0.717, 1.165) is 0 Å². The van der Waals surface area contributed by atoms with E-state index < -0.39 is 5.97 Å². The van der Waals surface area contributed by atoms with E-state index in [4.69, 9.17) is 0 Å². The molecular formula is C8H7NO3. The second kappa shape index (κ2) is 3.61. The Balaban J connectivity index is 2.69. The van der Waals surface area contributed by atoms with Crippen LogP contribution in [0.25, 0.3) is 0 Å². The summed E-state index contributed by atoms with van der Waals surface area (Å²) in [5.74, 6) is -0.808. The summed E-state index contributed by atoms with van der Waals surface area (Å²) in [5.41, 5.74) is 0.132. The van der Waals surface area contributed by atoms with E-state index in [-0.39, 0.29) is 11.5 Å². The Morgan fingerprint density at radius 1 is 1.42 bits per heavy atom. The van der Waals surface area contributed by atoms with Crippen LogP contribution in [-0.2, 0) is 14.4 Å². The predicted octanol–water partition coefficient (Wildman–Crippen LogP) is 0.601. The van der Waals surface area contributed by atoms with Crippen molar-refractivity contribution in [1.82, 2.24) is 0 Å². The zero-order chi connectivity index (χ0) is 8.97. The third-order valence-electron chi connectivity index (χ3n) is 1.14. The predicted molar refractivity (Wildman–Crippen MR) is 42.5 cm³/mol. The molecule has 0 aromatic carbocycles. The van der Waals surface area contributed by atoms with Gasteiger partial charge in [0.2, 0.25) is 5.78 Å². The van der Waals surface area contributed by atoms with Crippen molar-refractivity contribution in [3.05, 3.63) is 24.3 Å². The molecule has 0 saturated carbocycles. The largest absolute Gasteiger partial charge is 0.332 e. The molecule has 0 amide bonds. The number of allylic oxidation sites excluding steroid dienone is 4. The van der Waals surface area contributed by atoms with Crippen LogP contribution in [0.2, 0.25) is 0 Å². The molecule has 4 heteroatoms. The van der Waals surface area contributed by atoms with Gasteiger partial charge in [-0.05, 0) is 12.2 Å². The maximum atomic E-state index is 10.9. The van der Waals surface area contributed by atoms with E-state index in [9.17, 15) is 9.59 Å². The molecule has 0 aromatic heterocycles. The van der Waals surface area contributed by atoms with Gasteiger partial charge in [-0.25, -0.2) is 4.79 Å². The molecule has 1 rings (SSSR count). The van der Waals surface area contributed by atoms with Crippen molar-refractivity contribution in [3.63, 3.8) is 0 Å². The molecule has 4 nitrogen and oxygen atoms in total.